The normalized spacial score (nSPS) is 16.7. The van der Waals surface area contributed by atoms with Crippen molar-refractivity contribution in [1.29, 1.82) is 0 Å². The average Bonchev–Trinajstić information content (AvgIpc) is 2.53. The molecule has 0 saturated carbocycles. The number of rotatable bonds is 4. The molecule has 1 fully saturated rings. The van der Waals surface area contributed by atoms with Crippen LogP contribution in [0.1, 0.15) is 31.9 Å². The SMILES string of the molecule is CC(C)C[C@@H](c1ccnc2ccccc12)N1CCNCC1.Cl.Cl. The molecule has 1 N–H and O–H groups in total. The fourth-order valence-electron chi connectivity index (χ4n) is 3.32. The van der Waals surface area contributed by atoms with E-state index >= 15 is 0 Å². The number of piperazine rings is 1. The van der Waals surface area contributed by atoms with Crippen molar-refractivity contribution in [3.8, 4) is 0 Å². The third-order valence-electron chi connectivity index (χ3n) is 4.33. The number of aromatic nitrogens is 1. The summed E-state index contributed by atoms with van der Waals surface area (Å²) >= 11 is 0. The van der Waals surface area contributed by atoms with Crippen LogP contribution in [-0.2, 0) is 0 Å². The van der Waals surface area contributed by atoms with Gasteiger partial charge in [0.1, 0.15) is 0 Å². The number of pyridine rings is 1. The summed E-state index contributed by atoms with van der Waals surface area (Å²) in [4.78, 5) is 7.15. The Hall–Kier alpha value is -0.870. The fraction of sp³-hybridized carbons (Fsp3) is 0.500. The standard InChI is InChI=1S/C18H25N3.2ClH/c1-14(2)13-18(21-11-9-19-10-12-21)16-7-8-20-17-6-4-3-5-15(16)17;;/h3-8,14,18-19H,9-13H2,1-2H3;2*1H/t18-;;/m0../s1. The lowest BCUT2D eigenvalue weighted by atomic mass is 9.93. The zero-order chi connectivity index (χ0) is 14.7. The number of hydrogen-bond acceptors (Lipinski definition) is 3. The molecule has 0 aliphatic carbocycles. The van der Waals surface area contributed by atoms with E-state index in [4.69, 9.17) is 0 Å². The molecule has 3 nitrogen and oxygen atoms in total. The predicted octanol–water partition coefficient (Wildman–Crippen LogP) is 4.07. The van der Waals surface area contributed by atoms with Gasteiger partial charge in [0.2, 0.25) is 0 Å². The van der Waals surface area contributed by atoms with E-state index in [0.717, 1.165) is 31.7 Å². The van der Waals surface area contributed by atoms with E-state index in [1.54, 1.807) is 0 Å². The second kappa shape index (κ2) is 9.43. The first kappa shape index (κ1) is 20.2. The number of nitrogens with one attached hydrogen (secondary N) is 1. The fourth-order valence-corrected chi connectivity index (χ4v) is 3.32. The largest absolute Gasteiger partial charge is 0.314 e. The number of halogens is 2. The third kappa shape index (κ3) is 4.80. The van der Waals surface area contributed by atoms with Crippen LogP contribution in [0.2, 0.25) is 0 Å². The molecule has 0 radical (unpaired) electrons. The molecule has 2 heterocycles. The molecular weight excluding hydrogens is 329 g/mol. The summed E-state index contributed by atoms with van der Waals surface area (Å²) in [7, 11) is 0. The van der Waals surface area contributed by atoms with E-state index in [-0.39, 0.29) is 24.8 Å². The lowest BCUT2D eigenvalue weighted by Crippen LogP contribution is -2.45. The highest BCUT2D eigenvalue weighted by Crippen LogP contribution is 2.32. The molecule has 1 aliphatic rings. The molecular formula is C18H27Cl2N3. The molecule has 23 heavy (non-hydrogen) atoms. The van der Waals surface area contributed by atoms with Gasteiger partial charge in [-0.3, -0.25) is 9.88 Å². The van der Waals surface area contributed by atoms with Gasteiger partial charge in [-0.15, -0.1) is 24.8 Å². The Kier molecular flexibility index (Phi) is 8.27. The Morgan fingerprint density at radius 2 is 1.78 bits per heavy atom. The maximum Gasteiger partial charge on any atom is 0.0705 e. The van der Waals surface area contributed by atoms with Gasteiger partial charge in [-0.1, -0.05) is 32.0 Å². The highest BCUT2D eigenvalue weighted by molar-refractivity contribution is 5.85. The summed E-state index contributed by atoms with van der Waals surface area (Å²) < 4.78 is 0. The Balaban J connectivity index is 0.00000132. The number of hydrogen-bond donors (Lipinski definition) is 1. The van der Waals surface area contributed by atoms with Crippen molar-refractivity contribution in [2.45, 2.75) is 26.3 Å². The maximum absolute atomic E-state index is 4.52. The van der Waals surface area contributed by atoms with Crippen LogP contribution >= 0.6 is 24.8 Å². The smallest absolute Gasteiger partial charge is 0.0705 e. The summed E-state index contributed by atoms with van der Waals surface area (Å²) in [6, 6.07) is 11.2. The van der Waals surface area contributed by atoms with Gasteiger partial charge in [0.25, 0.3) is 0 Å². The second-order valence-corrected chi connectivity index (χ2v) is 6.35. The Bertz CT molecular complexity index is 592. The molecule has 3 rings (SSSR count). The van der Waals surface area contributed by atoms with E-state index in [2.05, 4.69) is 59.4 Å². The summed E-state index contributed by atoms with van der Waals surface area (Å²) in [6.07, 6.45) is 3.17. The first-order chi connectivity index (χ1) is 10.3. The van der Waals surface area contributed by atoms with Crippen molar-refractivity contribution in [2.24, 2.45) is 5.92 Å². The van der Waals surface area contributed by atoms with Crippen molar-refractivity contribution in [2.75, 3.05) is 26.2 Å². The second-order valence-electron chi connectivity index (χ2n) is 6.35. The molecule has 128 valence electrons. The summed E-state index contributed by atoms with van der Waals surface area (Å²) in [5.41, 5.74) is 2.55. The quantitative estimate of drug-likeness (QED) is 0.895. The Labute approximate surface area is 151 Å². The third-order valence-corrected chi connectivity index (χ3v) is 4.33. The van der Waals surface area contributed by atoms with E-state index in [1.807, 2.05) is 6.20 Å². The van der Waals surface area contributed by atoms with Gasteiger partial charge in [-0.05, 0) is 30.0 Å². The van der Waals surface area contributed by atoms with Crippen molar-refractivity contribution in [3.05, 3.63) is 42.1 Å². The van der Waals surface area contributed by atoms with Crippen molar-refractivity contribution >= 4 is 35.7 Å². The zero-order valence-electron chi connectivity index (χ0n) is 13.9. The molecule has 2 aromatic rings. The molecule has 0 unspecified atom stereocenters. The first-order valence-electron chi connectivity index (χ1n) is 8.04. The van der Waals surface area contributed by atoms with Crippen molar-refractivity contribution < 1.29 is 0 Å². The zero-order valence-corrected chi connectivity index (χ0v) is 15.5. The average molecular weight is 356 g/mol. The van der Waals surface area contributed by atoms with Crippen LogP contribution in [0.5, 0.6) is 0 Å². The van der Waals surface area contributed by atoms with Crippen molar-refractivity contribution in [3.63, 3.8) is 0 Å². The van der Waals surface area contributed by atoms with Gasteiger partial charge in [-0.2, -0.15) is 0 Å². The predicted molar refractivity (Wildman–Crippen MR) is 103 cm³/mol. The van der Waals surface area contributed by atoms with Crippen molar-refractivity contribution in [1.82, 2.24) is 15.2 Å². The highest BCUT2D eigenvalue weighted by Gasteiger charge is 2.24. The van der Waals surface area contributed by atoms with Crippen LogP contribution in [0.15, 0.2) is 36.5 Å². The minimum atomic E-state index is 0. The van der Waals surface area contributed by atoms with E-state index in [1.165, 1.54) is 17.4 Å². The monoisotopic (exact) mass is 355 g/mol. The van der Waals surface area contributed by atoms with Crippen LogP contribution in [0.3, 0.4) is 0 Å². The molecule has 0 bridgehead atoms. The Morgan fingerprint density at radius 3 is 2.48 bits per heavy atom. The van der Waals surface area contributed by atoms with E-state index < -0.39 is 0 Å². The molecule has 1 atom stereocenters. The van der Waals surface area contributed by atoms with E-state index in [0.29, 0.717) is 12.0 Å². The maximum atomic E-state index is 4.52. The lowest BCUT2D eigenvalue weighted by Gasteiger charge is -2.36. The number of para-hydroxylation sites is 1. The van der Waals surface area contributed by atoms with Crippen LogP contribution in [0.25, 0.3) is 10.9 Å². The van der Waals surface area contributed by atoms with Gasteiger partial charge in [0.15, 0.2) is 0 Å². The lowest BCUT2D eigenvalue weighted by molar-refractivity contribution is 0.155. The summed E-state index contributed by atoms with van der Waals surface area (Å²) in [6.45, 7) is 9.09. The topological polar surface area (TPSA) is 28.2 Å². The van der Waals surface area contributed by atoms with Gasteiger partial charge in [0.05, 0.1) is 5.52 Å². The van der Waals surface area contributed by atoms with Crippen LogP contribution < -0.4 is 5.32 Å². The van der Waals surface area contributed by atoms with Gasteiger partial charge in [0, 0.05) is 43.8 Å². The molecule has 5 heteroatoms. The summed E-state index contributed by atoms with van der Waals surface area (Å²) in [5, 5.41) is 4.77. The minimum absolute atomic E-state index is 0. The van der Waals surface area contributed by atoms with Gasteiger partial charge >= 0.3 is 0 Å². The molecule has 1 aromatic carbocycles. The summed E-state index contributed by atoms with van der Waals surface area (Å²) in [5.74, 6) is 0.691. The van der Waals surface area contributed by atoms with Crippen LogP contribution in [0, 0.1) is 5.92 Å². The number of nitrogens with zero attached hydrogens (tertiary/aromatic N) is 2. The minimum Gasteiger partial charge on any atom is -0.314 e. The molecule has 0 spiro atoms. The first-order valence-corrected chi connectivity index (χ1v) is 8.04. The molecule has 1 aromatic heterocycles. The highest BCUT2D eigenvalue weighted by atomic mass is 35.5. The number of fused-ring (bicyclic) bond motifs is 1. The van der Waals surface area contributed by atoms with Gasteiger partial charge < -0.3 is 5.32 Å². The Morgan fingerprint density at radius 1 is 1.09 bits per heavy atom. The molecule has 1 saturated heterocycles. The molecule has 1 aliphatic heterocycles. The van der Waals surface area contributed by atoms with Crippen LogP contribution in [0.4, 0.5) is 0 Å². The molecule has 0 amide bonds. The number of benzene rings is 1. The van der Waals surface area contributed by atoms with Crippen LogP contribution in [-0.4, -0.2) is 36.1 Å². The van der Waals surface area contributed by atoms with Gasteiger partial charge in [-0.25, -0.2) is 0 Å². The van der Waals surface area contributed by atoms with E-state index in [9.17, 15) is 0 Å².